The summed E-state index contributed by atoms with van der Waals surface area (Å²) in [7, 11) is 3.22. The van der Waals surface area contributed by atoms with Crippen LogP contribution in [0.2, 0.25) is 0 Å². The SMILES string of the molecule is CCC1Oc2ccc(NC(=O)Cc3cccc(OC)c3)cc2CN(Cc2cccc(OC)c2)C1=O. The summed E-state index contributed by atoms with van der Waals surface area (Å²) in [5.74, 6) is 1.92. The number of carbonyl (C=O) groups excluding carboxylic acids is 2. The Kier molecular flexibility index (Phi) is 7.55. The minimum absolute atomic E-state index is 0.0601. The van der Waals surface area contributed by atoms with Crippen molar-refractivity contribution >= 4 is 17.5 Å². The molecule has 7 heteroatoms. The fraction of sp³-hybridized carbons (Fsp3) is 0.286. The van der Waals surface area contributed by atoms with Gasteiger partial charge in [-0.2, -0.15) is 0 Å². The number of carbonyl (C=O) groups is 2. The molecule has 7 nitrogen and oxygen atoms in total. The summed E-state index contributed by atoms with van der Waals surface area (Å²) in [5.41, 5.74) is 3.33. The van der Waals surface area contributed by atoms with E-state index in [1.165, 1.54) is 0 Å². The molecule has 1 unspecified atom stereocenters. The van der Waals surface area contributed by atoms with Gasteiger partial charge < -0.3 is 24.4 Å². The molecule has 0 spiro atoms. The predicted molar refractivity (Wildman–Crippen MR) is 134 cm³/mol. The summed E-state index contributed by atoms with van der Waals surface area (Å²) >= 11 is 0. The van der Waals surface area contributed by atoms with E-state index in [4.69, 9.17) is 14.2 Å². The molecule has 182 valence electrons. The van der Waals surface area contributed by atoms with E-state index in [9.17, 15) is 9.59 Å². The molecule has 1 N–H and O–H groups in total. The van der Waals surface area contributed by atoms with Crippen LogP contribution in [-0.4, -0.2) is 37.0 Å². The van der Waals surface area contributed by atoms with Crippen molar-refractivity contribution in [2.75, 3.05) is 19.5 Å². The largest absolute Gasteiger partial charge is 0.497 e. The van der Waals surface area contributed by atoms with E-state index >= 15 is 0 Å². The van der Waals surface area contributed by atoms with E-state index in [0.717, 1.165) is 22.4 Å². The van der Waals surface area contributed by atoms with Gasteiger partial charge in [-0.15, -0.1) is 0 Å². The van der Waals surface area contributed by atoms with Gasteiger partial charge >= 0.3 is 0 Å². The van der Waals surface area contributed by atoms with Crippen LogP contribution in [0.1, 0.15) is 30.0 Å². The van der Waals surface area contributed by atoms with Crippen LogP contribution in [-0.2, 0) is 29.1 Å². The molecule has 1 aliphatic heterocycles. The first-order chi connectivity index (χ1) is 17.0. The highest BCUT2D eigenvalue weighted by molar-refractivity contribution is 5.92. The summed E-state index contributed by atoms with van der Waals surface area (Å²) < 4.78 is 16.6. The van der Waals surface area contributed by atoms with E-state index in [2.05, 4.69) is 5.32 Å². The Balaban J connectivity index is 1.52. The average Bonchev–Trinajstić information content (AvgIpc) is 3.00. The number of benzene rings is 3. The second-order valence-electron chi connectivity index (χ2n) is 8.46. The lowest BCUT2D eigenvalue weighted by molar-refractivity contribution is -0.139. The molecule has 0 saturated carbocycles. The zero-order valence-electron chi connectivity index (χ0n) is 20.2. The first-order valence-electron chi connectivity index (χ1n) is 11.6. The maximum absolute atomic E-state index is 13.2. The first kappa shape index (κ1) is 24.1. The van der Waals surface area contributed by atoms with Gasteiger partial charge in [-0.3, -0.25) is 9.59 Å². The molecule has 3 aromatic carbocycles. The molecular weight excluding hydrogens is 444 g/mol. The van der Waals surface area contributed by atoms with Crippen molar-refractivity contribution in [1.82, 2.24) is 4.90 Å². The van der Waals surface area contributed by atoms with Crippen molar-refractivity contribution < 1.29 is 23.8 Å². The van der Waals surface area contributed by atoms with E-state index in [1.807, 2.05) is 67.6 Å². The molecule has 0 aromatic heterocycles. The lowest BCUT2D eigenvalue weighted by atomic mass is 10.1. The average molecular weight is 475 g/mol. The van der Waals surface area contributed by atoms with Gasteiger partial charge in [-0.25, -0.2) is 0 Å². The van der Waals surface area contributed by atoms with Gasteiger partial charge in [0.25, 0.3) is 5.91 Å². The van der Waals surface area contributed by atoms with E-state index in [0.29, 0.717) is 36.7 Å². The molecule has 0 bridgehead atoms. The second kappa shape index (κ2) is 11.0. The second-order valence-corrected chi connectivity index (χ2v) is 8.46. The quantitative estimate of drug-likeness (QED) is 0.517. The van der Waals surface area contributed by atoms with Crippen molar-refractivity contribution in [3.63, 3.8) is 0 Å². The number of methoxy groups -OCH3 is 2. The zero-order valence-corrected chi connectivity index (χ0v) is 20.2. The zero-order chi connectivity index (χ0) is 24.8. The van der Waals surface area contributed by atoms with Crippen molar-refractivity contribution in [3.8, 4) is 17.2 Å². The van der Waals surface area contributed by atoms with Crippen LogP contribution >= 0.6 is 0 Å². The fourth-order valence-corrected chi connectivity index (χ4v) is 4.14. The van der Waals surface area contributed by atoms with Gasteiger partial charge in [0.2, 0.25) is 5.91 Å². The third-order valence-corrected chi connectivity index (χ3v) is 5.94. The normalized spacial score (nSPS) is 15.0. The highest BCUT2D eigenvalue weighted by Crippen LogP contribution is 2.30. The van der Waals surface area contributed by atoms with Crippen LogP contribution in [0.3, 0.4) is 0 Å². The summed E-state index contributed by atoms with van der Waals surface area (Å²) in [6.45, 7) is 2.74. The number of anilines is 1. The molecular formula is C28H30N2O5. The molecule has 1 aliphatic rings. The van der Waals surface area contributed by atoms with Crippen molar-refractivity contribution in [3.05, 3.63) is 83.4 Å². The van der Waals surface area contributed by atoms with Crippen LogP contribution in [0, 0.1) is 0 Å². The summed E-state index contributed by atoms with van der Waals surface area (Å²) in [6, 6.07) is 20.6. The van der Waals surface area contributed by atoms with E-state index in [1.54, 1.807) is 25.2 Å². The topological polar surface area (TPSA) is 77.1 Å². The number of amides is 2. The number of fused-ring (bicyclic) bond motifs is 1. The molecule has 3 aromatic rings. The maximum atomic E-state index is 13.2. The standard InChI is InChI=1S/C28H30N2O5/c1-4-25-28(32)30(17-20-8-6-10-24(14-20)34-3)18-21-16-22(11-12-26(21)35-25)29-27(31)15-19-7-5-9-23(13-19)33-2/h5-14,16,25H,4,15,17-18H2,1-3H3,(H,29,31). The van der Waals surface area contributed by atoms with Gasteiger partial charge in [0, 0.05) is 24.3 Å². The minimum atomic E-state index is -0.560. The summed E-state index contributed by atoms with van der Waals surface area (Å²) in [4.78, 5) is 27.7. The van der Waals surface area contributed by atoms with Gasteiger partial charge in [0.1, 0.15) is 17.2 Å². The first-order valence-corrected chi connectivity index (χ1v) is 11.6. The molecule has 0 fully saturated rings. The van der Waals surface area contributed by atoms with Crippen LogP contribution in [0.25, 0.3) is 0 Å². The Hall–Kier alpha value is -4.00. The van der Waals surface area contributed by atoms with E-state index in [-0.39, 0.29) is 18.2 Å². The molecule has 1 atom stereocenters. The van der Waals surface area contributed by atoms with Crippen LogP contribution in [0.4, 0.5) is 5.69 Å². The Labute approximate surface area is 205 Å². The van der Waals surface area contributed by atoms with Gasteiger partial charge in [0.05, 0.1) is 20.6 Å². The highest BCUT2D eigenvalue weighted by atomic mass is 16.5. The highest BCUT2D eigenvalue weighted by Gasteiger charge is 2.30. The monoisotopic (exact) mass is 474 g/mol. The Morgan fingerprint density at radius 2 is 1.69 bits per heavy atom. The Morgan fingerprint density at radius 1 is 1.00 bits per heavy atom. The predicted octanol–water partition coefficient (Wildman–Crippen LogP) is 4.58. The summed E-state index contributed by atoms with van der Waals surface area (Å²) in [5, 5.41) is 2.96. The number of hydrogen-bond donors (Lipinski definition) is 1. The molecule has 0 saturated heterocycles. The van der Waals surface area contributed by atoms with Crippen molar-refractivity contribution in [2.24, 2.45) is 0 Å². The van der Waals surface area contributed by atoms with Gasteiger partial charge in [0.15, 0.2) is 6.10 Å². The number of hydrogen-bond acceptors (Lipinski definition) is 5. The molecule has 1 heterocycles. The molecule has 0 radical (unpaired) electrons. The van der Waals surface area contributed by atoms with Gasteiger partial charge in [-0.1, -0.05) is 31.2 Å². The number of nitrogens with zero attached hydrogens (tertiary/aromatic N) is 1. The molecule has 2 amide bonds. The minimum Gasteiger partial charge on any atom is -0.497 e. The summed E-state index contributed by atoms with van der Waals surface area (Å²) in [6.07, 6.45) is 0.227. The smallest absolute Gasteiger partial charge is 0.264 e. The van der Waals surface area contributed by atoms with E-state index < -0.39 is 6.10 Å². The van der Waals surface area contributed by atoms with Crippen molar-refractivity contribution in [2.45, 2.75) is 39.0 Å². The fourth-order valence-electron chi connectivity index (χ4n) is 4.14. The Morgan fingerprint density at radius 3 is 2.37 bits per heavy atom. The third-order valence-electron chi connectivity index (χ3n) is 5.94. The van der Waals surface area contributed by atoms with Crippen LogP contribution in [0.15, 0.2) is 66.7 Å². The number of nitrogens with one attached hydrogen (secondary N) is 1. The molecule has 35 heavy (non-hydrogen) atoms. The molecule has 0 aliphatic carbocycles. The van der Waals surface area contributed by atoms with Crippen LogP contribution < -0.4 is 19.5 Å². The van der Waals surface area contributed by atoms with Gasteiger partial charge in [-0.05, 0) is 60.0 Å². The third kappa shape index (κ3) is 5.93. The lowest BCUT2D eigenvalue weighted by Crippen LogP contribution is -2.38. The lowest BCUT2D eigenvalue weighted by Gasteiger charge is -2.23. The van der Waals surface area contributed by atoms with Crippen molar-refractivity contribution in [1.29, 1.82) is 0 Å². The van der Waals surface area contributed by atoms with Crippen LogP contribution in [0.5, 0.6) is 17.2 Å². The number of ether oxygens (including phenoxy) is 3. The Bertz CT molecular complexity index is 1210. The maximum Gasteiger partial charge on any atom is 0.264 e. The molecule has 4 rings (SSSR count). The number of rotatable bonds is 8.